The van der Waals surface area contributed by atoms with Gasteiger partial charge in [-0.3, -0.25) is 4.79 Å². The second-order valence-corrected chi connectivity index (χ2v) is 9.12. The van der Waals surface area contributed by atoms with Crippen molar-refractivity contribution in [3.8, 4) is 5.69 Å². The lowest BCUT2D eigenvalue weighted by Gasteiger charge is -2.09. The molecule has 0 aliphatic heterocycles. The maximum Gasteiger partial charge on any atom is 0.278 e. The number of hydrogen-bond donors (Lipinski definition) is 2. The fraction of sp³-hybridized carbons (Fsp3) is 0.0500. The maximum absolute atomic E-state index is 13.4. The van der Waals surface area contributed by atoms with Gasteiger partial charge >= 0.3 is 0 Å². The summed E-state index contributed by atoms with van der Waals surface area (Å²) in [5.74, 6) is -0.716. The number of thioether (sulfide) groups is 1. The molecule has 4 rings (SSSR count). The Labute approximate surface area is 192 Å². The molecule has 0 atom stereocenters. The maximum atomic E-state index is 13.4. The molecule has 0 aliphatic carbocycles. The summed E-state index contributed by atoms with van der Waals surface area (Å²) in [6.45, 7) is 0. The number of primary sulfonamides is 1. The van der Waals surface area contributed by atoms with E-state index < -0.39 is 21.7 Å². The first-order valence-electron chi connectivity index (χ1n) is 9.36. The van der Waals surface area contributed by atoms with E-state index in [0.717, 1.165) is 0 Å². The molecule has 10 nitrogen and oxygen atoms in total. The van der Waals surface area contributed by atoms with Crippen LogP contribution < -0.4 is 10.5 Å². The van der Waals surface area contributed by atoms with Gasteiger partial charge in [0.25, 0.3) is 5.91 Å². The van der Waals surface area contributed by atoms with E-state index >= 15 is 0 Å². The van der Waals surface area contributed by atoms with Crippen molar-refractivity contribution in [3.05, 3.63) is 84.2 Å². The van der Waals surface area contributed by atoms with Gasteiger partial charge in [-0.05, 0) is 54.6 Å². The topological polar surface area (TPSA) is 146 Å². The number of sulfonamides is 1. The zero-order chi connectivity index (χ0) is 23.4. The largest absolute Gasteiger partial charge is 0.321 e. The lowest BCUT2D eigenvalue weighted by molar-refractivity contribution is 0.102. The van der Waals surface area contributed by atoms with Crippen LogP contribution >= 0.6 is 11.8 Å². The van der Waals surface area contributed by atoms with Gasteiger partial charge in [0.2, 0.25) is 10.0 Å². The first-order valence-corrected chi connectivity index (χ1v) is 11.9. The minimum absolute atomic E-state index is 0.0401. The molecule has 0 radical (unpaired) electrons. The molecule has 0 bridgehead atoms. The molecule has 2 aromatic carbocycles. The van der Waals surface area contributed by atoms with E-state index in [1.165, 1.54) is 65.0 Å². The Balaban J connectivity index is 1.63. The number of nitrogens with one attached hydrogen (secondary N) is 1. The molecule has 0 aliphatic rings. The lowest BCUT2D eigenvalue weighted by atomic mass is 10.2. The van der Waals surface area contributed by atoms with Crippen LogP contribution in [0.1, 0.15) is 16.2 Å². The second-order valence-electron chi connectivity index (χ2n) is 6.62. The Morgan fingerprint density at radius 3 is 2.36 bits per heavy atom. The Kier molecular flexibility index (Phi) is 6.44. The molecule has 1 amide bonds. The number of nitrogens with zero attached hydrogens (tertiary/aromatic N) is 5. The van der Waals surface area contributed by atoms with Gasteiger partial charge in [0.1, 0.15) is 5.82 Å². The molecule has 0 saturated heterocycles. The van der Waals surface area contributed by atoms with Gasteiger partial charge in [-0.2, -0.15) is 0 Å². The fourth-order valence-corrected chi connectivity index (χ4v) is 4.12. The van der Waals surface area contributed by atoms with Crippen LogP contribution in [0.2, 0.25) is 0 Å². The Bertz CT molecular complexity index is 1380. The van der Waals surface area contributed by atoms with Crippen LogP contribution in [0.15, 0.2) is 77.0 Å². The van der Waals surface area contributed by atoms with Crippen LogP contribution in [0.4, 0.5) is 10.1 Å². The monoisotopic (exact) mass is 485 g/mol. The van der Waals surface area contributed by atoms with E-state index in [4.69, 9.17) is 5.14 Å². The van der Waals surface area contributed by atoms with Gasteiger partial charge in [0.15, 0.2) is 10.9 Å². The summed E-state index contributed by atoms with van der Waals surface area (Å²) >= 11 is 1.27. The van der Waals surface area contributed by atoms with Crippen molar-refractivity contribution in [1.29, 1.82) is 0 Å². The third-order valence-electron chi connectivity index (χ3n) is 4.37. The molecular formula is C20H16FN7O3S2. The molecule has 2 aromatic heterocycles. The van der Waals surface area contributed by atoms with Gasteiger partial charge < -0.3 is 5.32 Å². The SMILES string of the molecule is NS(=O)(=O)c1ccc(NC(=O)c2nnn(-c3ccc(F)cc3)c2CSc2ncccn2)cc1. The predicted molar refractivity (Wildman–Crippen MR) is 119 cm³/mol. The van der Waals surface area contributed by atoms with Gasteiger partial charge in [-0.15, -0.1) is 5.10 Å². The Morgan fingerprint density at radius 1 is 1.06 bits per heavy atom. The summed E-state index contributed by atoms with van der Waals surface area (Å²) in [7, 11) is -3.85. The highest BCUT2D eigenvalue weighted by atomic mass is 32.2. The van der Waals surface area contributed by atoms with Gasteiger partial charge in [0, 0.05) is 23.8 Å². The highest BCUT2D eigenvalue weighted by Crippen LogP contribution is 2.24. The van der Waals surface area contributed by atoms with Gasteiger partial charge in [0.05, 0.1) is 16.3 Å². The van der Waals surface area contributed by atoms with Crippen LogP contribution in [-0.4, -0.2) is 39.3 Å². The van der Waals surface area contributed by atoms with Crippen LogP contribution in [0.25, 0.3) is 5.69 Å². The van der Waals surface area contributed by atoms with Crippen molar-refractivity contribution in [2.24, 2.45) is 5.14 Å². The highest BCUT2D eigenvalue weighted by Gasteiger charge is 2.22. The number of nitrogens with two attached hydrogens (primary N) is 1. The van der Waals surface area contributed by atoms with E-state index in [0.29, 0.717) is 22.2 Å². The van der Waals surface area contributed by atoms with E-state index in [-0.39, 0.29) is 16.3 Å². The third-order valence-corrected chi connectivity index (χ3v) is 6.19. The zero-order valence-electron chi connectivity index (χ0n) is 16.8. The molecule has 0 fully saturated rings. The number of carbonyl (C=O) groups is 1. The number of rotatable bonds is 7. The zero-order valence-corrected chi connectivity index (χ0v) is 18.4. The molecular weight excluding hydrogens is 469 g/mol. The Morgan fingerprint density at radius 2 is 1.73 bits per heavy atom. The molecule has 4 aromatic rings. The minimum Gasteiger partial charge on any atom is -0.321 e. The number of halogens is 1. The summed E-state index contributed by atoms with van der Waals surface area (Å²) in [5.41, 5.74) is 1.34. The van der Waals surface area contributed by atoms with Crippen LogP contribution in [0.5, 0.6) is 0 Å². The molecule has 13 heteroatoms. The normalized spacial score (nSPS) is 11.3. The molecule has 0 spiro atoms. The predicted octanol–water partition coefficient (Wildman–Crippen LogP) is 2.39. The smallest absolute Gasteiger partial charge is 0.278 e. The molecule has 0 unspecified atom stereocenters. The van der Waals surface area contributed by atoms with Crippen molar-refractivity contribution in [3.63, 3.8) is 0 Å². The van der Waals surface area contributed by atoms with E-state index in [1.54, 1.807) is 18.5 Å². The molecule has 2 heterocycles. The number of aromatic nitrogens is 5. The first-order chi connectivity index (χ1) is 15.8. The van der Waals surface area contributed by atoms with Gasteiger partial charge in [-0.1, -0.05) is 17.0 Å². The molecule has 168 valence electrons. The standard InChI is InChI=1S/C20H16FN7O3S2/c21-13-2-6-15(7-3-13)28-17(12-32-20-23-10-1-11-24-20)18(26-27-28)19(29)25-14-4-8-16(9-5-14)33(22,30)31/h1-11H,12H2,(H,25,29)(H2,22,30,31). The number of hydrogen-bond acceptors (Lipinski definition) is 8. The number of benzene rings is 2. The third kappa shape index (κ3) is 5.39. The summed E-state index contributed by atoms with van der Waals surface area (Å²) in [5, 5.41) is 16.3. The Hall–Kier alpha value is -3.68. The van der Waals surface area contributed by atoms with Crippen molar-refractivity contribution < 1.29 is 17.6 Å². The fourth-order valence-electron chi connectivity index (χ4n) is 2.81. The lowest BCUT2D eigenvalue weighted by Crippen LogP contribution is -2.16. The van der Waals surface area contributed by atoms with Crippen LogP contribution in [-0.2, 0) is 15.8 Å². The molecule has 0 saturated carbocycles. The number of anilines is 1. The summed E-state index contributed by atoms with van der Waals surface area (Å²) in [6, 6.07) is 12.7. The number of amides is 1. The van der Waals surface area contributed by atoms with Crippen molar-refractivity contribution in [1.82, 2.24) is 25.0 Å². The number of carbonyl (C=O) groups excluding carboxylic acids is 1. The van der Waals surface area contributed by atoms with E-state index in [1.807, 2.05) is 0 Å². The van der Waals surface area contributed by atoms with E-state index in [2.05, 4.69) is 25.6 Å². The summed E-state index contributed by atoms with van der Waals surface area (Å²) in [6.07, 6.45) is 3.20. The van der Waals surface area contributed by atoms with Gasteiger partial charge in [-0.25, -0.2) is 32.6 Å². The quantitative estimate of drug-likeness (QED) is 0.300. The highest BCUT2D eigenvalue weighted by molar-refractivity contribution is 7.98. The second kappa shape index (κ2) is 9.44. The average molecular weight is 486 g/mol. The van der Waals surface area contributed by atoms with E-state index in [9.17, 15) is 17.6 Å². The molecule has 3 N–H and O–H groups in total. The summed E-state index contributed by atoms with van der Waals surface area (Å²) in [4.78, 5) is 21.2. The van der Waals surface area contributed by atoms with Crippen LogP contribution in [0, 0.1) is 5.82 Å². The van der Waals surface area contributed by atoms with Crippen LogP contribution in [0.3, 0.4) is 0 Å². The minimum atomic E-state index is -3.85. The van der Waals surface area contributed by atoms with Crippen molar-refractivity contribution >= 4 is 33.4 Å². The molecule has 33 heavy (non-hydrogen) atoms. The average Bonchev–Trinajstić information content (AvgIpc) is 3.23. The van der Waals surface area contributed by atoms with Crippen molar-refractivity contribution in [2.75, 3.05) is 5.32 Å². The summed E-state index contributed by atoms with van der Waals surface area (Å²) < 4.78 is 37.6. The van der Waals surface area contributed by atoms with Crippen molar-refractivity contribution in [2.45, 2.75) is 15.8 Å². The first kappa shape index (κ1) is 22.5.